The Hall–Kier alpha value is -1.17. The van der Waals surface area contributed by atoms with Crippen LogP contribution in [0.3, 0.4) is 0 Å². The van der Waals surface area contributed by atoms with Gasteiger partial charge in [-0.05, 0) is 24.2 Å². The highest BCUT2D eigenvalue weighted by molar-refractivity contribution is 6.76. The molecule has 0 aliphatic rings. The summed E-state index contributed by atoms with van der Waals surface area (Å²) in [5, 5.41) is 1.12. The largest absolute Gasteiger partial charge is 0.361 e. The zero-order valence-corrected chi connectivity index (χ0v) is 13.0. The maximum absolute atomic E-state index is 5.81. The summed E-state index contributed by atoms with van der Waals surface area (Å²) in [5.74, 6) is 0. The summed E-state index contributed by atoms with van der Waals surface area (Å²) in [6, 6.07) is 7.26. The van der Waals surface area contributed by atoms with Crippen LogP contribution in [0.5, 0.6) is 0 Å². The molecule has 19 heavy (non-hydrogen) atoms. The van der Waals surface area contributed by atoms with Crippen molar-refractivity contribution >= 4 is 19.1 Å². The predicted octanol–water partition coefficient (Wildman–Crippen LogP) is 2.81. The van der Waals surface area contributed by atoms with Crippen LogP contribution in [0.25, 0.3) is 11.0 Å². The van der Waals surface area contributed by atoms with Crippen molar-refractivity contribution in [3.8, 4) is 0 Å². The van der Waals surface area contributed by atoms with Crippen LogP contribution in [0, 0.1) is 0 Å². The first-order chi connectivity index (χ1) is 9.01. The minimum atomic E-state index is -1.03. The molecule has 4 nitrogen and oxygen atoms in total. The van der Waals surface area contributed by atoms with E-state index in [0.717, 1.165) is 23.3 Å². The zero-order valence-electron chi connectivity index (χ0n) is 12.0. The van der Waals surface area contributed by atoms with Gasteiger partial charge >= 0.3 is 0 Å². The van der Waals surface area contributed by atoms with E-state index in [2.05, 4.69) is 41.3 Å². The van der Waals surface area contributed by atoms with E-state index < -0.39 is 8.07 Å². The smallest absolute Gasteiger partial charge is 0.141 e. The molecule has 0 aliphatic heterocycles. The molecule has 2 aromatic heterocycles. The predicted molar refractivity (Wildman–Crippen MR) is 81.7 cm³/mol. The van der Waals surface area contributed by atoms with E-state index in [1.165, 1.54) is 6.04 Å². The number of pyridine rings is 1. The van der Waals surface area contributed by atoms with Gasteiger partial charge in [-0.2, -0.15) is 0 Å². The van der Waals surface area contributed by atoms with Crippen LogP contribution in [-0.2, 0) is 18.0 Å². The number of fused-ring (bicyclic) bond motifs is 1. The first kappa shape index (κ1) is 14.2. The van der Waals surface area contributed by atoms with E-state index in [9.17, 15) is 0 Å². The number of aromatic nitrogens is 2. The number of ether oxygens (including phenoxy) is 1. The summed E-state index contributed by atoms with van der Waals surface area (Å²) in [5.41, 5.74) is 7.82. The normalized spacial score (nSPS) is 12.2. The van der Waals surface area contributed by atoms with Gasteiger partial charge in [0.05, 0.1) is 0 Å². The maximum Gasteiger partial charge on any atom is 0.141 e. The van der Waals surface area contributed by atoms with E-state index in [-0.39, 0.29) is 0 Å². The fourth-order valence-electron chi connectivity index (χ4n) is 1.99. The van der Waals surface area contributed by atoms with Crippen molar-refractivity contribution in [3.05, 3.63) is 30.1 Å². The van der Waals surface area contributed by atoms with Gasteiger partial charge in [0.15, 0.2) is 0 Å². The Labute approximate surface area is 115 Å². The SMILES string of the molecule is C[Si](C)(C)CCOCn1c(CN)cc2cccnc21. The van der Waals surface area contributed by atoms with Gasteiger partial charge in [-0.1, -0.05) is 19.6 Å². The highest BCUT2D eigenvalue weighted by Crippen LogP contribution is 2.17. The molecule has 0 atom stereocenters. The third kappa shape index (κ3) is 3.65. The Bertz CT molecular complexity index is 545. The quantitative estimate of drug-likeness (QED) is 0.652. The standard InChI is InChI=1S/C14H23N3OSi/c1-19(2,3)8-7-18-11-17-13(10-15)9-12-5-4-6-16-14(12)17/h4-6,9H,7-8,10-11,15H2,1-3H3. The lowest BCUT2D eigenvalue weighted by Gasteiger charge is -2.16. The number of hydrogen-bond acceptors (Lipinski definition) is 3. The molecule has 0 amide bonds. The number of nitrogens with zero attached hydrogens (tertiary/aromatic N) is 2. The number of hydrogen-bond donors (Lipinski definition) is 1. The average Bonchev–Trinajstić information content (AvgIpc) is 2.71. The van der Waals surface area contributed by atoms with Crippen molar-refractivity contribution in [3.63, 3.8) is 0 Å². The monoisotopic (exact) mass is 277 g/mol. The Morgan fingerprint density at radius 1 is 1.37 bits per heavy atom. The molecule has 0 fully saturated rings. The van der Waals surface area contributed by atoms with Crippen LogP contribution < -0.4 is 5.73 Å². The van der Waals surface area contributed by atoms with Crippen LogP contribution in [0.1, 0.15) is 5.69 Å². The second-order valence-electron chi connectivity index (χ2n) is 6.03. The van der Waals surface area contributed by atoms with Crippen molar-refractivity contribution in [1.82, 2.24) is 9.55 Å². The lowest BCUT2D eigenvalue weighted by atomic mass is 10.3. The van der Waals surface area contributed by atoms with Gasteiger partial charge in [-0.15, -0.1) is 0 Å². The molecule has 2 rings (SSSR count). The molecule has 0 aromatic carbocycles. The molecule has 0 spiro atoms. The Morgan fingerprint density at radius 3 is 2.84 bits per heavy atom. The number of rotatable bonds is 6. The molecule has 0 radical (unpaired) electrons. The van der Waals surface area contributed by atoms with E-state index in [4.69, 9.17) is 10.5 Å². The fourth-order valence-corrected chi connectivity index (χ4v) is 2.75. The van der Waals surface area contributed by atoms with Crippen LogP contribution in [0.15, 0.2) is 24.4 Å². The van der Waals surface area contributed by atoms with Crippen molar-refractivity contribution in [2.45, 2.75) is 39.0 Å². The van der Waals surface area contributed by atoms with Crippen molar-refractivity contribution < 1.29 is 4.74 Å². The molecule has 2 heterocycles. The minimum Gasteiger partial charge on any atom is -0.361 e. The molecule has 0 bridgehead atoms. The summed E-state index contributed by atoms with van der Waals surface area (Å²) in [6.45, 7) is 8.92. The molecule has 0 aliphatic carbocycles. The first-order valence-electron chi connectivity index (χ1n) is 6.72. The highest BCUT2D eigenvalue weighted by atomic mass is 28.3. The fraction of sp³-hybridized carbons (Fsp3) is 0.500. The second kappa shape index (κ2) is 5.86. The zero-order chi connectivity index (χ0) is 13.9. The third-order valence-electron chi connectivity index (χ3n) is 3.17. The lowest BCUT2D eigenvalue weighted by molar-refractivity contribution is 0.0881. The summed E-state index contributed by atoms with van der Waals surface area (Å²) < 4.78 is 7.88. The van der Waals surface area contributed by atoms with E-state index in [1.807, 2.05) is 6.07 Å². The van der Waals surface area contributed by atoms with Gasteiger partial charge in [0.1, 0.15) is 12.4 Å². The summed E-state index contributed by atoms with van der Waals surface area (Å²) in [6.07, 6.45) is 1.81. The molecule has 5 heteroatoms. The van der Waals surface area contributed by atoms with E-state index in [1.54, 1.807) is 6.20 Å². The average molecular weight is 277 g/mol. The molecule has 0 unspecified atom stereocenters. The summed E-state index contributed by atoms with van der Waals surface area (Å²) >= 11 is 0. The van der Waals surface area contributed by atoms with Gasteiger partial charge < -0.3 is 15.0 Å². The molecule has 2 N–H and O–H groups in total. The van der Waals surface area contributed by atoms with Crippen molar-refractivity contribution in [2.24, 2.45) is 5.73 Å². The van der Waals surface area contributed by atoms with Crippen molar-refractivity contribution in [1.29, 1.82) is 0 Å². The molecule has 2 aromatic rings. The second-order valence-corrected chi connectivity index (χ2v) is 11.7. The van der Waals surface area contributed by atoms with Crippen LogP contribution in [-0.4, -0.2) is 24.2 Å². The minimum absolute atomic E-state index is 0.508. The van der Waals surface area contributed by atoms with Crippen LogP contribution in [0.2, 0.25) is 25.7 Å². The molecule has 0 saturated heterocycles. The lowest BCUT2D eigenvalue weighted by Crippen LogP contribution is -2.22. The van der Waals surface area contributed by atoms with Crippen LogP contribution in [0.4, 0.5) is 0 Å². The summed E-state index contributed by atoms with van der Waals surface area (Å²) in [4.78, 5) is 4.41. The summed E-state index contributed by atoms with van der Waals surface area (Å²) in [7, 11) is -1.03. The van der Waals surface area contributed by atoms with Gasteiger partial charge in [0.25, 0.3) is 0 Å². The third-order valence-corrected chi connectivity index (χ3v) is 4.87. The van der Waals surface area contributed by atoms with Gasteiger partial charge in [-0.3, -0.25) is 0 Å². The highest BCUT2D eigenvalue weighted by Gasteiger charge is 2.13. The number of nitrogens with two attached hydrogens (primary N) is 1. The van der Waals surface area contributed by atoms with Gasteiger partial charge in [0.2, 0.25) is 0 Å². The first-order valence-corrected chi connectivity index (χ1v) is 10.4. The molecular formula is C14H23N3OSi. The topological polar surface area (TPSA) is 53.1 Å². The Morgan fingerprint density at radius 2 is 2.16 bits per heavy atom. The van der Waals surface area contributed by atoms with Crippen molar-refractivity contribution in [2.75, 3.05) is 6.61 Å². The van der Waals surface area contributed by atoms with E-state index in [0.29, 0.717) is 13.3 Å². The van der Waals surface area contributed by atoms with Gasteiger partial charge in [-0.25, -0.2) is 4.98 Å². The molecule has 0 saturated carbocycles. The van der Waals surface area contributed by atoms with Gasteiger partial charge in [0, 0.05) is 38.5 Å². The Kier molecular flexibility index (Phi) is 4.39. The van der Waals surface area contributed by atoms with Crippen LogP contribution >= 0.6 is 0 Å². The van der Waals surface area contributed by atoms with E-state index >= 15 is 0 Å². The molecular weight excluding hydrogens is 254 g/mol. The molecule has 104 valence electrons. The maximum atomic E-state index is 5.81. The Balaban J connectivity index is 2.07.